The standard InChI is InChI=1S/C36H45ClN8O3/c1-6-10-19-32-38-35(37)33(34(46)31-18-14-17-28(45(31)47)24-42(7-2)8-3)43(32)23-26-20-21-29(27-15-12-11-13-16-27)30(22-26)36-39-40-41-44(36)25(5)48-9-4/h11-18,20-22,25,34,46H,6-10,19,23-24H2,1-5H3. The van der Waals surface area contributed by atoms with E-state index < -0.39 is 6.10 Å². The highest BCUT2D eigenvalue weighted by molar-refractivity contribution is 6.30. The van der Waals surface area contributed by atoms with Crippen LogP contribution >= 0.6 is 11.6 Å². The van der Waals surface area contributed by atoms with Gasteiger partial charge in [-0.1, -0.05) is 81.3 Å². The molecule has 5 rings (SSSR count). The number of aliphatic hydroxyl groups excluding tert-OH is 1. The van der Waals surface area contributed by atoms with Gasteiger partial charge < -0.3 is 19.6 Å². The van der Waals surface area contributed by atoms with Gasteiger partial charge in [-0.05, 0) is 72.6 Å². The average molecular weight is 673 g/mol. The first kappa shape index (κ1) is 35.2. The molecule has 0 radical (unpaired) electrons. The first-order valence-electron chi connectivity index (χ1n) is 16.8. The van der Waals surface area contributed by atoms with Gasteiger partial charge in [0.05, 0.1) is 12.2 Å². The maximum atomic E-state index is 13.6. The fourth-order valence-corrected chi connectivity index (χ4v) is 6.30. The first-order chi connectivity index (χ1) is 23.3. The van der Waals surface area contributed by atoms with Crippen LogP contribution in [0.1, 0.15) is 88.3 Å². The van der Waals surface area contributed by atoms with Crippen molar-refractivity contribution in [1.29, 1.82) is 0 Å². The highest BCUT2D eigenvalue weighted by Crippen LogP contribution is 2.35. The number of ether oxygens (including phenoxy) is 1. The van der Waals surface area contributed by atoms with Crippen LogP contribution < -0.4 is 4.73 Å². The van der Waals surface area contributed by atoms with Crippen molar-refractivity contribution < 1.29 is 14.6 Å². The number of imidazole rings is 1. The van der Waals surface area contributed by atoms with Gasteiger partial charge in [-0.15, -0.1) is 5.10 Å². The van der Waals surface area contributed by atoms with E-state index in [2.05, 4.69) is 71.5 Å². The van der Waals surface area contributed by atoms with Crippen LogP contribution in [0.3, 0.4) is 0 Å². The summed E-state index contributed by atoms with van der Waals surface area (Å²) in [5, 5.41) is 38.3. The summed E-state index contributed by atoms with van der Waals surface area (Å²) in [5.41, 5.74) is 4.89. The lowest BCUT2D eigenvalue weighted by atomic mass is 9.96. The van der Waals surface area contributed by atoms with E-state index in [0.717, 1.165) is 58.7 Å². The van der Waals surface area contributed by atoms with Crippen LogP contribution in [0.5, 0.6) is 0 Å². The van der Waals surface area contributed by atoms with Gasteiger partial charge in [0.25, 0.3) is 0 Å². The lowest BCUT2D eigenvalue weighted by molar-refractivity contribution is -0.627. The van der Waals surface area contributed by atoms with Gasteiger partial charge in [0.15, 0.2) is 23.3 Å². The van der Waals surface area contributed by atoms with Gasteiger partial charge in [-0.25, -0.2) is 4.98 Å². The van der Waals surface area contributed by atoms with E-state index in [4.69, 9.17) is 21.3 Å². The Labute approximate surface area is 287 Å². The van der Waals surface area contributed by atoms with Crippen molar-refractivity contribution >= 4 is 11.6 Å². The number of tetrazole rings is 1. The minimum Gasteiger partial charge on any atom is -0.618 e. The number of halogens is 1. The smallest absolute Gasteiger partial charge is 0.227 e. The topological polar surface area (TPSA) is 121 Å². The molecule has 11 nitrogen and oxygen atoms in total. The molecular formula is C36H45ClN8O3. The van der Waals surface area contributed by atoms with Gasteiger partial charge in [0, 0.05) is 37.3 Å². The Morgan fingerprint density at radius 1 is 1.00 bits per heavy atom. The van der Waals surface area contributed by atoms with E-state index in [1.54, 1.807) is 22.9 Å². The summed E-state index contributed by atoms with van der Waals surface area (Å²) >= 11 is 6.81. The van der Waals surface area contributed by atoms with Crippen molar-refractivity contribution in [1.82, 2.24) is 34.7 Å². The Kier molecular flexibility index (Phi) is 11.9. The third-order valence-corrected chi connectivity index (χ3v) is 8.94. The molecule has 2 unspecified atom stereocenters. The number of nitrogens with zero attached hydrogens (tertiary/aromatic N) is 8. The number of rotatable bonds is 16. The molecule has 0 saturated heterocycles. The van der Waals surface area contributed by atoms with Gasteiger partial charge in [-0.2, -0.15) is 9.41 Å². The van der Waals surface area contributed by atoms with Gasteiger partial charge >= 0.3 is 0 Å². The molecular weight excluding hydrogens is 628 g/mol. The quantitative estimate of drug-likeness (QED) is 0.0950. The van der Waals surface area contributed by atoms with Crippen molar-refractivity contribution in [2.75, 3.05) is 19.7 Å². The monoisotopic (exact) mass is 672 g/mol. The first-order valence-corrected chi connectivity index (χ1v) is 17.1. The lowest BCUT2D eigenvalue weighted by Crippen LogP contribution is -2.41. The summed E-state index contributed by atoms with van der Waals surface area (Å²) in [4.78, 5) is 6.86. The minimum atomic E-state index is -1.29. The van der Waals surface area contributed by atoms with Gasteiger partial charge in [-0.3, -0.25) is 4.90 Å². The van der Waals surface area contributed by atoms with Crippen LogP contribution in [0.2, 0.25) is 5.15 Å². The number of benzene rings is 2. The Morgan fingerprint density at radius 2 is 1.77 bits per heavy atom. The zero-order chi connectivity index (χ0) is 34.2. The highest BCUT2D eigenvalue weighted by Gasteiger charge is 2.30. The van der Waals surface area contributed by atoms with Crippen molar-refractivity contribution in [2.24, 2.45) is 0 Å². The van der Waals surface area contributed by atoms with Crippen molar-refractivity contribution in [2.45, 2.75) is 79.3 Å². The van der Waals surface area contributed by atoms with Crippen LogP contribution in [0.4, 0.5) is 0 Å². The molecule has 1 N–H and O–H groups in total. The molecule has 0 amide bonds. The largest absolute Gasteiger partial charge is 0.618 e. The fraction of sp³-hybridized carbons (Fsp3) is 0.417. The molecule has 3 aromatic heterocycles. The maximum Gasteiger partial charge on any atom is 0.227 e. The van der Waals surface area contributed by atoms with E-state index >= 15 is 0 Å². The molecule has 2 atom stereocenters. The number of aryl methyl sites for hydroxylation is 1. The lowest BCUT2D eigenvalue weighted by Gasteiger charge is -2.20. The summed E-state index contributed by atoms with van der Waals surface area (Å²) in [6.07, 6.45) is 0.857. The van der Waals surface area contributed by atoms with Gasteiger partial charge in [0.2, 0.25) is 11.4 Å². The number of hydrogen-bond acceptors (Lipinski definition) is 8. The molecule has 5 aromatic rings. The predicted octanol–water partition coefficient (Wildman–Crippen LogP) is 6.36. The SMILES string of the molecule is CCCCc1nc(Cl)c(C(O)c2cccc(CN(CC)CC)[n+]2[O-])n1Cc1ccc(-c2ccccc2)c(-c2nnnn2C(C)OCC)c1. The second kappa shape index (κ2) is 16.3. The van der Waals surface area contributed by atoms with Crippen molar-refractivity contribution in [3.63, 3.8) is 0 Å². The molecule has 48 heavy (non-hydrogen) atoms. The Balaban J connectivity index is 1.60. The third kappa shape index (κ3) is 7.60. The van der Waals surface area contributed by atoms with E-state index in [-0.39, 0.29) is 17.1 Å². The number of aliphatic hydroxyl groups is 1. The van der Waals surface area contributed by atoms with Gasteiger partial charge in [0.1, 0.15) is 5.82 Å². The molecule has 0 aliphatic rings. The molecule has 2 aromatic carbocycles. The molecule has 254 valence electrons. The molecule has 12 heteroatoms. The number of aromatic nitrogens is 7. The molecule has 0 bridgehead atoms. The normalized spacial score (nSPS) is 12.9. The van der Waals surface area contributed by atoms with E-state index in [0.29, 0.717) is 43.3 Å². The summed E-state index contributed by atoms with van der Waals surface area (Å²) in [6, 6.07) is 21.5. The summed E-state index contributed by atoms with van der Waals surface area (Å²) in [5.74, 6) is 1.32. The van der Waals surface area contributed by atoms with Crippen LogP contribution in [0.25, 0.3) is 22.5 Å². The zero-order valence-corrected chi connectivity index (χ0v) is 29.1. The highest BCUT2D eigenvalue weighted by atomic mass is 35.5. The second-order valence-electron chi connectivity index (χ2n) is 11.7. The number of unbranched alkanes of at least 4 members (excludes halogenated alkanes) is 1. The summed E-state index contributed by atoms with van der Waals surface area (Å²) in [6.45, 7) is 13.1. The molecule has 0 fully saturated rings. The van der Waals surface area contributed by atoms with Crippen LogP contribution in [-0.2, 0) is 24.2 Å². The third-order valence-electron chi connectivity index (χ3n) is 8.66. The van der Waals surface area contributed by atoms with Crippen LogP contribution in [0, 0.1) is 5.21 Å². The second-order valence-corrected chi connectivity index (χ2v) is 12.1. The van der Waals surface area contributed by atoms with E-state index in [1.165, 1.54) is 0 Å². The zero-order valence-electron chi connectivity index (χ0n) is 28.4. The average Bonchev–Trinajstić information content (AvgIpc) is 3.71. The molecule has 0 spiro atoms. The van der Waals surface area contributed by atoms with E-state index in [1.807, 2.05) is 36.6 Å². The van der Waals surface area contributed by atoms with Crippen molar-refractivity contribution in [3.05, 3.63) is 106 Å². The summed E-state index contributed by atoms with van der Waals surface area (Å²) < 4.78 is 10.3. The Hall–Kier alpha value is -4.16. The van der Waals surface area contributed by atoms with Crippen LogP contribution in [0.15, 0.2) is 66.7 Å². The summed E-state index contributed by atoms with van der Waals surface area (Å²) in [7, 11) is 0. The molecule has 0 aliphatic carbocycles. The number of hydrogen-bond donors (Lipinski definition) is 1. The Bertz CT molecular complexity index is 1790. The van der Waals surface area contributed by atoms with E-state index in [9.17, 15) is 10.3 Å². The maximum absolute atomic E-state index is 13.6. The predicted molar refractivity (Wildman–Crippen MR) is 186 cm³/mol. The molecule has 0 aliphatic heterocycles. The van der Waals surface area contributed by atoms with Crippen molar-refractivity contribution in [3.8, 4) is 22.5 Å². The molecule has 0 saturated carbocycles. The van der Waals surface area contributed by atoms with Crippen LogP contribution in [-0.4, -0.2) is 59.5 Å². The number of pyridine rings is 1. The molecule has 3 heterocycles. The minimum absolute atomic E-state index is 0.179. The Morgan fingerprint density at radius 3 is 2.48 bits per heavy atom. The fourth-order valence-electron chi connectivity index (χ4n) is 5.99.